The predicted octanol–water partition coefficient (Wildman–Crippen LogP) is 3.03. The van der Waals surface area contributed by atoms with Gasteiger partial charge >= 0.3 is 5.97 Å². The number of esters is 1. The second-order valence-electron chi connectivity index (χ2n) is 6.09. The standard InChI is InChI=1S/C18H21NO3/c1-12-11-16-15(17(12)20)7-5-9-19(16)8-4-3-6-14-10-13(2)18(21)22-14/h6,10H,1,3-5,7-9,11H2,2H3/b14-6+. The van der Waals surface area contributed by atoms with Gasteiger partial charge in [-0.25, -0.2) is 4.79 Å². The van der Waals surface area contributed by atoms with Crippen LogP contribution >= 0.6 is 0 Å². The Morgan fingerprint density at radius 1 is 1.41 bits per heavy atom. The summed E-state index contributed by atoms with van der Waals surface area (Å²) in [6.45, 7) is 7.58. The molecule has 3 aliphatic rings. The van der Waals surface area contributed by atoms with E-state index in [1.54, 1.807) is 13.0 Å². The highest BCUT2D eigenvalue weighted by Gasteiger charge is 2.31. The molecule has 0 amide bonds. The lowest BCUT2D eigenvalue weighted by Gasteiger charge is -2.30. The number of Topliss-reactive ketones (excluding diaryl/α,β-unsaturated/α-hetero) is 1. The summed E-state index contributed by atoms with van der Waals surface area (Å²) in [6.07, 6.45) is 8.24. The lowest BCUT2D eigenvalue weighted by molar-refractivity contribution is -0.133. The normalized spacial score (nSPS) is 23.3. The largest absolute Gasteiger partial charge is 0.424 e. The molecule has 22 heavy (non-hydrogen) atoms. The number of hydrogen-bond acceptors (Lipinski definition) is 4. The van der Waals surface area contributed by atoms with Gasteiger partial charge in [-0.2, -0.15) is 0 Å². The second kappa shape index (κ2) is 5.95. The van der Waals surface area contributed by atoms with Crippen LogP contribution in [0.3, 0.4) is 0 Å². The molecular formula is C18H21NO3. The van der Waals surface area contributed by atoms with Gasteiger partial charge in [0.15, 0.2) is 5.78 Å². The summed E-state index contributed by atoms with van der Waals surface area (Å²) in [7, 11) is 0. The SMILES string of the molecule is C=C1CC2=C(CCCN2CCC/C=C2\C=C(C)C(=O)O2)C1=O. The quantitative estimate of drug-likeness (QED) is 0.455. The number of nitrogens with zero attached hydrogens (tertiary/aromatic N) is 1. The Bertz CT molecular complexity index is 637. The number of ether oxygens (including phenoxy) is 1. The van der Waals surface area contributed by atoms with Gasteiger partial charge in [-0.3, -0.25) is 4.79 Å². The van der Waals surface area contributed by atoms with Gasteiger partial charge < -0.3 is 9.64 Å². The van der Waals surface area contributed by atoms with Crippen molar-refractivity contribution in [3.63, 3.8) is 0 Å². The van der Waals surface area contributed by atoms with Crippen LogP contribution in [0.5, 0.6) is 0 Å². The zero-order valence-corrected chi connectivity index (χ0v) is 13.0. The van der Waals surface area contributed by atoms with Crippen LogP contribution in [0.4, 0.5) is 0 Å². The van der Waals surface area contributed by atoms with E-state index in [4.69, 9.17) is 4.74 Å². The van der Waals surface area contributed by atoms with E-state index in [-0.39, 0.29) is 11.8 Å². The van der Waals surface area contributed by atoms with Gasteiger partial charge in [0.2, 0.25) is 0 Å². The maximum absolute atomic E-state index is 12.0. The topological polar surface area (TPSA) is 46.6 Å². The number of cyclic esters (lactones) is 1. The van der Waals surface area contributed by atoms with E-state index in [9.17, 15) is 9.59 Å². The minimum Gasteiger partial charge on any atom is -0.424 e. The van der Waals surface area contributed by atoms with Crippen molar-refractivity contribution >= 4 is 11.8 Å². The molecule has 0 bridgehead atoms. The monoisotopic (exact) mass is 299 g/mol. The smallest absolute Gasteiger partial charge is 0.339 e. The van der Waals surface area contributed by atoms with Crippen LogP contribution in [0.15, 0.2) is 46.9 Å². The van der Waals surface area contributed by atoms with Crippen LogP contribution in [0.25, 0.3) is 0 Å². The summed E-state index contributed by atoms with van der Waals surface area (Å²) in [4.78, 5) is 25.6. The van der Waals surface area contributed by atoms with E-state index in [0.29, 0.717) is 11.3 Å². The Labute approximate surface area is 130 Å². The number of ketones is 1. The Morgan fingerprint density at radius 3 is 2.95 bits per heavy atom. The molecule has 116 valence electrons. The maximum Gasteiger partial charge on any atom is 0.339 e. The van der Waals surface area contributed by atoms with E-state index in [1.807, 2.05) is 6.08 Å². The van der Waals surface area contributed by atoms with E-state index in [2.05, 4.69) is 11.5 Å². The molecule has 0 aromatic carbocycles. The first kappa shape index (κ1) is 14.8. The highest BCUT2D eigenvalue weighted by molar-refractivity contribution is 6.11. The van der Waals surface area contributed by atoms with Gasteiger partial charge in [-0.1, -0.05) is 6.58 Å². The molecule has 0 N–H and O–H groups in total. The van der Waals surface area contributed by atoms with Crippen molar-refractivity contribution in [1.29, 1.82) is 0 Å². The van der Waals surface area contributed by atoms with E-state index >= 15 is 0 Å². The van der Waals surface area contributed by atoms with Crippen LogP contribution < -0.4 is 0 Å². The fraction of sp³-hybridized carbons (Fsp3) is 0.444. The van der Waals surface area contributed by atoms with Gasteiger partial charge in [0.25, 0.3) is 0 Å². The predicted molar refractivity (Wildman–Crippen MR) is 83.8 cm³/mol. The number of rotatable bonds is 4. The number of hydrogen-bond donors (Lipinski definition) is 0. The molecule has 2 aliphatic heterocycles. The van der Waals surface area contributed by atoms with Gasteiger partial charge in [-0.15, -0.1) is 0 Å². The molecule has 0 saturated heterocycles. The third-order valence-corrected chi connectivity index (χ3v) is 4.43. The second-order valence-corrected chi connectivity index (χ2v) is 6.09. The van der Waals surface area contributed by atoms with Crippen molar-refractivity contribution in [2.75, 3.05) is 13.1 Å². The van der Waals surface area contributed by atoms with Gasteiger partial charge in [-0.05, 0) is 50.3 Å². The molecule has 0 spiro atoms. The fourth-order valence-electron chi connectivity index (χ4n) is 3.24. The van der Waals surface area contributed by atoms with Crippen LogP contribution in [0, 0.1) is 0 Å². The highest BCUT2D eigenvalue weighted by atomic mass is 16.5. The molecule has 4 nitrogen and oxygen atoms in total. The zero-order chi connectivity index (χ0) is 15.7. The molecule has 0 unspecified atom stereocenters. The summed E-state index contributed by atoms with van der Waals surface area (Å²) in [5.41, 5.74) is 3.56. The summed E-state index contributed by atoms with van der Waals surface area (Å²) in [5.74, 6) is 0.575. The Hall–Kier alpha value is -2.10. The van der Waals surface area contributed by atoms with Crippen molar-refractivity contribution in [3.05, 3.63) is 46.9 Å². The van der Waals surface area contributed by atoms with Crippen molar-refractivity contribution < 1.29 is 14.3 Å². The minimum absolute atomic E-state index is 0.167. The molecule has 3 rings (SSSR count). The average Bonchev–Trinajstić information content (AvgIpc) is 2.97. The minimum atomic E-state index is -0.250. The molecule has 0 atom stereocenters. The Balaban J connectivity index is 1.54. The lowest BCUT2D eigenvalue weighted by Crippen LogP contribution is -2.29. The molecule has 0 fully saturated rings. The number of allylic oxidation sites excluding steroid dienone is 4. The fourth-order valence-corrected chi connectivity index (χ4v) is 3.24. The number of carbonyl (C=O) groups excluding carboxylic acids is 2. The summed E-state index contributed by atoms with van der Waals surface area (Å²) in [5, 5.41) is 0. The van der Waals surface area contributed by atoms with Crippen LogP contribution in [-0.4, -0.2) is 29.7 Å². The molecule has 0 aromatic heterocycles. The van der Waals surface area contributed by atoms with Crippen molar-refractivity contribution in [3.8, 4) is 0 Å². The molecule has 1 aliphatic carbocycles. The molecule has 2 heterocycles. The highest BCUT2D eigenvalue weighted by Crippen LogP contribution is 2.35. The molecule has 0 aromatic rings. The van der Waals surface area contributed by atoms with Gasteiger partial charge in [0.1, 0.15) is 5.76 Å². The first-order valence-corrected chi connectivity index (χ1v) is 7.86. The third kappa shape index (κ3) is 2.78. The molecular weight excluding hydrogens is 278 g/mol. The van der Waals surface area contributed by atoms with Crippen molar-refractivity contribution in [2.24, 2.45) is 0 Å². The lowest BCUT2D eigenvalue weighted by atomic mass is 10.0. The van der Waals surface area contributed by atoms with Gasteiger partial charge in [0, 0.05) is 36.4 Å². The molecule has 4 heteroatoms. The molecule has 0 saturated carbocycles. The van der Waals surface area contributed by atoms with E-state index < -0.39 is 0 Å². The van der Waals surface area contributed by atoms with Crippen LogP contribution in [0.1, 0.15) is 39.0 Å². The third-order valence-electron chi connectivity index (χ3n) is 4.43. The average molecular weight is 299 g/mol. The summed E-state index contributed by atoms with van der Waals surface area (Å²) < 4.78 is 5.11. The number of unbranched alkanes of at least 4 members (excludes halogenated alkanes) is 1. The molecule has 0 radical (unpaired) electrons. The summed E-state index contributed by atoms with van der Waals surface area (Å²) >= 11 is 0. The Morgan fingerprint density at radius 2 is 2.23 bits per heavy atom. The van der Waals surface area contributed by atoms with E-state index in [1.165, 1.54) is 5.70 Å². The first-order valence-electron chi connectivity index (χ1n) is 7.86. The summed E-state index contributed by atoms with van der Waals surface area (Å²) in [6, 6.07) is 0. The van der Waals surface area contributed by atoms with Crippen LogP contribution in [0.2, 0.25) is 0 Å². The maximum atomic E-state index is 12.0. The van der Waals surface area contributed by atoms with Crippen molar-refractivity contribution in [2.45, 2.75) is 39.0 Å². The Kier molecular flexibility index (Phi) is 4.01. The number of carbonyl (C=O) groups is 2. The van der Waals surface area contributed by atoms with Crippen LogP contribution in [-0.2, 0) is 14.3 Å². The van der Waals surface area contributed by atoms with Gasteiger partial charge in [0.05, 0.1) is 0 Å². The van der Waals surface area contributed by atoms with E-state index in [0.717, 1.165) is 56.3 Å². The first-order chi connectivity index (χ1) is 10.6. The van der Waals surface area contributed by atoms with Crippen molar-refractivity contribution in [1.82, 2.24) is 4.90 Å². The zero-order valence-electron chi connectivity index (χ0n) is 13.0.